The quantitative estimate of drug-likeness (QED) is 0.630. The molecule has 2 heteroatoms. The number of pyridine rings is 1. The van der Waals surface area contributed by atoms with Crippen molar-refractivity contribution < 1.29 is 0 Å². The van der Waals surface area contributed by atoms with Crippen LogP contribution in [0.1, 0.15) is 0 Å². The lowest BCUT2D eigenvalue weighted by Crippen LogP contribution is -1.85. The molecule has 1 heterocycles. The van der Waals surface area contributed by atoms with Gasteiger partial charge in [0, 0.05) is 22.3 Å². The number of nitrogens with zero attached hydrogens (tertiary/aromatic N) is 1. The van der Waals surface area contributed by atoms with Crippen molar-refractivity contribution in [2.75, 3.05) is 0 Å². The van der Waals surface area contributed by atoms with Gasteiger partial charge in [-0.15, -0.1) is 0 Å². The van der Waals surface area contributed by atoms with Gasteiger partial charge in [-0.05, 0) is 17.7 Å². The SMILES string of the molecule is Clc1ccccc1-c1ccc(-c2ccccc2)cn1. The Labute approximate surface area is 117 Å². The van der Waals surface area contributed by atoms with Crippen molar-refractivity contribution in [1.29, 1.82) is 0 Å². The van der Waals surface area contributed by atoms with Crippen molar-refractivity contribution in [3.63, 3.8) is 0 Å². The zero-order valence-electron chi connectivity index (χ0n) is 10.3. The molecule has 0 saturated carbocycles. The summed E-state index contributed by atoms with van der Waals surface area (Å²) in [7, 11) is 0. The minimum atomic E-state index is 0.725. The van der Waals surface area contributed by atoms with E-state index in [1.165, 1.54) is 5.56 Å². The van der Waals surface area contributed by atoms with E-state index < -0.39 is 0 Å². The Morgan fingerprint density at radius 3 is 2.11 bits per heavy atom. The molecule has 0 radical (unpaired) electrons. The van der Waals surface area contributed by atoms with Crippen molar-refractivity contribution in [3.8, 4) is 22.4 Å². The van der Waals surface area contributed by atoms with Crippen LogP contribution in [0.25, 0.3) is 22.4 Å². The average Bonchev–Trinajstić information content (AvgIpc) is 2.49. The molecule has 0 aliphatic heterocycles. The minimum absolute atomic E-state index is 0.725. The Hall–Kier alpha value is -2.12. The fourth-order valence-electron chi connectivity index (χ4n) is 2.02. The molecule has 0 saturated heterocycles. The van der Waals surface area contributed by atoms with E-state index in [9.17, 15) is 0 Å². The second-order valence-electron chi connectivity index (χ2n) is 4.28. The Bertz CT molecular complexity index is 675. The standard InChI is InChI=1S/C17H12ClN/c18-16-9-5-4-8-15(16)17-11-10-14(12-19-17)13-6-2-1-3-7-13/h1-12H. The number of halogens is 1. The van der Waals surface area contributed by atoms with E-state index in [0.717, 1.165) is 21.8 Å². The number of aromatic nitrogens is 1. The maximum atomic E-state index is 6.18. The van der Waals surface area contributed by atoms with E-state index in [0.29, 0.717) is 0 Å². The zero-order chi connectivity index (χ0) is 13.1. The van der Waals surface area contributed by atoms with Crippen molar-refractivity contribution in [2.24, 2.45) is 0 Å². The predicted octanol–water partition coefficient (Wildman–Crippen LogP) is 5.07. The average molecular weight is 266 g/mol. The fraction of sp³-hybridized carbons (Fsp3) is 0. The third-order valence-corrected chi connectivity index (χ3v) is 3.35. The Morgan fingerprint density at radius 1 is 0.684 bits per heavy atom. The van der Waals surface area contributed by atoms with Gasteiger partial charge in [0.2, 0.25) is 0 Å². The van der Waals surface area contributed by atoms with E-state index in [-0.39, 0.29) is 0 Å². The first kappa shape index (κ1) is 11.9. The summed E-state index contributed by atoms with van der Waals surface area (Å²) in [5, 5.41) is 0.725. The second kappa shape index (κ2) is 5.25. The zero-order valence-corrected chi connectivity index (χ0v) is 11.0. The van der Waals surface area contributed by atoms with Crippen LogP contribution in [0, 0.1) is 0 Å². The molecule has 0 unspecified atom stereocenters. The van der Waals surface area contributed by atoms with Crippen LogP contribution >= 0.6 is 11.6 Å². The summed E-state index contributed by atoms with van der Waals surface area (Å²) in [4.78, 5) is 4.50. The Balaban J connectivity index is 1.98. The molecule has 1 aromatic heterocycles. The first-order valence-electron chi connectivity index (χ1n) is 6.11. The van der Waals surface area contributed by atoms with Gasteiger partial charge in [0.25, 0.3) is 0 Å². The molecule has 0 atom stereocenters. The van der Waals surface area contributed by atoms with E-state index in [1.54, 1.807) is 0 Å². The molecule has 19 heavy (non-hydrogen) atoms. The van der Waals surface area contributed by atoms with Gasteiger partial charge in [0.15, 0.2) is 0 Å². The minimum Gasteiger partial charge on any atom is -0.256 e. The van der Waals surface area contributed by atoms with Gasteiger partial charge in [-0.2, -0.15) is 0 Å². The summed E-state index contributed by atoms with van der Waals surface area (Å²) in [6.07, 6.45) is 1.88. The number of benzene rings is 2. The van der Waals surface area contributed by atoms with Crippen LogP contribution in [-0.2, 0) is 0 Å². The molecule has 1 nitrogen and oxygen atoms in total. The summed E-state index contributed by atoms with van der Waals surface area (Å²) < 4.78 is 0. The topological polar surface area (TPSA) is 12.9 Å². The van der Waals surface area contributed by atoms with Gasteiger partial charge in [-0.3, -0.25) is 4.98 Å². The number of rotatable bonds is 2. The highest BCUT2D eigenvalue weighted by molar-refractivity contribution is 6.33. The smallest absolute Gasteiger partial charge is 0.0717 e. The third-order valence-electron chi connectivity index (χ3n) is 3.02. The Kier molecular flexibility index (Phi) is 3.30. The molecule has 2 aromatic carbocycles. The van der Waals surface area contributed by atoms with Crippen LogP contribution in [0.4, 0.5) is 0 Å². The summed E-state index contributed by atoms with van der Waals surface area (Å²) in [6, 6.07) is 22.0. The Morgan fingerprint density at radius 2 is 1.42 bits per heavy atom. The second-order valence-corrected chi connectivity index (χ2v) is 4.69. The lowest BCUT2D eigenvalue weighted by molar-refractivity contribution is 1.32. The van der Waals surface area contributed by atoms with Crippen molar-refractivity contribution >= 4 is 11.6 Å². The molecule has 0 spiro atoms. The van der Waals surface area contributed by atoms with E-state index in [2.05, 4.69) is 23.2 Å². The van der Waals surface area contributed by atoms with Crippen LogP contribution in [0.5, 0.6) is 0 Å². The van der Waals surface area contributed by atoms with Crippen LogP contribution in [-0.4, -0.2) is 4.98 Å². The molecule has 0 N–H and O–H groups in total. The summed E-state index contributed by atoms with van der Waals surface area (Å²) in [5.41, 5.74) is 4.13. The third kappa shape index (κ3) is 2.51. The highest BCUT2D eigenvalue weighted by Gasteiger charge is 2.04. The van der Waals surface area contributed by atoms with Gasteiger partial charge >= 0.3 is 0 Å². The molecule has 0 aliphatic rings. The highest BCUT2D eigenvalue weighted by Crippen LogP contribution is 2.27. The van der Waals surface area contributed by atoms with Gasteiger partial charge in [0.05, 0.1) is 5.69 Å². The molecule has 0 fully saturated rings. The highest BCUT2D eigenvalue weighted by atomic mass is 35.5. The molecule has 3 aromatic rings. The van der Waals surface area contributed by atoms with Gasteiger partial charge in [-0.25, -0.2) is 0 Å². The summed E-state index contributed by atoms with van der Waals surface area (Å²) >= 11 is 6.18. The molecule has 3 rings (SSSR count). The van der Waals surface area contributed by atoms with Gasteiger partial charge in [0.1, 0.15) is 0 Å². The fourth-order valence-corrected chi connectivity index (χ4v) is 2.26. The first-order valence-corrected chi connectivity index (χ1v) is 6.49. The molecule has 0 bridgehead atoms. The molecular formula is C17H12ClN. The molecule has 0 aliphatic carbocycles. The van der Waals surface area contributed by atoms with E-state index in [1.807, 2.05) is 54.7 Å². The number of hydrogen-bond donors (Lipinski definition) is 0. The van der Waals surface area contributed by atoms with E-state index in [4.69, 9.17) is 11.6 Å². The van der Waals surface area contributed by atoms with Gasteiger partial charge < -0.3 is 0 Å². The van der Waals surface area contributed by atoms with Gasteiger partial charge in [-0.1, -0.05) is 66.2 Å². The van der Waals surface area contributed by atoms with Crippen LogP contribution < -0.4 is 0 Å². The maximum absolute atomic E-state index is 6.18. The van der Waals surface area contributed by atoms with Crippen molar-refractivity contribution in [3.05, 3.63) is 77.9 Å². The van der Waals surface area contributed by atoms with Crippen LogP contribution in [0.2, 0.25) is 5.02 Å². The van der Waals surface area contributed by atoms with Crippen LogP contribution in [0.15, 0.2) is 72.9 Å². The maximum Gasteiger partial charge on any atom is 0.0717 e. The lowest BCUT2D eigenvalue weighted by Gasteiger charge is -2.05. The first-order chi connectivity index (χ1) is 9.34. The number of hydrogen-bond acceptors (Lipinski definition) is 1. The molecule has 0 amide bonds. The monoisotopic (exact) mass is 265 g/mol. The molecular weight excluding hydrogens is 254 g/mol. The van der Waals surface area contributed by atoms with Crippen molar-refractivity contribution in [2.45, 2.75) is 0 Å². The molecule has 92 valence electrons. The largest absolute Gasteiger partial charge is 0.256 e. The predicted molar refractivity (Wildman–Crippen MR) is 80.1 cm³/mol. The normalized spacial score (nSPS) is 10.4. The van der Waals surface area contributed by atoms with E-state index >= 15 is 0 Å². The van der Waals surface area contributed by atoms with Crippen LogP contribution in [0.3, 0.4) is 0 Å². The summed E-state index contributed by atoms with van der Waals surface area (Å²) in [6.45, 7) is 0. The lowest BCUT2D eigenvalue weighted by atomic mass is 10.1. The van der Waals surface area contributed by atoms with Crippen molar-refractivity contribution in [1.82, 2.24) is 4.98 Å². The summed E-state index contributed by atoms with van der Waals surface area (Å²) in [5.74, 6) is 0.